The van der Waals surface area contributed by atoms with E-state index in [-0.39, 0.29) is 5.75 Å². The number of hydrogen-bond donors (Lipinski definition) is 1. The molecule has 0 saturated carbocycles. The first-order valence-corrected chi connectivity index (χ1v) is 5.19. The van der Waals surface area contributed by atoms with Crippen molar-refractivity contribution in [3.8, 4) is 5.75 Å². The van der Waals surface area contributed by atoms with Gasteiger partial charge in [-0.2, -0.15) is 0 Å². The summed E-state index contributed by atoms with van der Waals surface area (Å²) in [4.78, 5) is 4.21. The van der Waals surface area contributed by atoms with Gasteiger partial charge in [-0.1, -0.05) is 0 Å². The van der Waals surface area contributed by atoms with Crippen molar-refractivity contribution < 1.29 is 17.9 Å². The molecule has 17 heavy (non-hydrogen) atoms. The van der Waals surface area contributed by atoms with Crippen LogP contribution in [0.3, 0.4) is 0 Å². The van der Waals surface area contributed by atoms with E-state index in [1.165, 1.54) is 24.3 Å². The molecule has 0 spiro atoms. The molecule has 1 aromatic carbocycles. The summed E-state index contributed by atoms with van der Waals surface area (Å²) in [7, 11) is 0. The molecule has 1 N–H and O–H groups in total. The Balaban J connectivity index is 1.98. The van der Waals surface area contributed by atoms with Crippen molar-refractivity contribution in [3.63, 3.8) is 0 Å². The number of nitrogens with one attached hydrogen (secondary N) is 1. The van der Waals surface area contributed by atoms with Crippen LogP contribution in [0.1, 0.15) is 12.8 Å². The zero-order chi connectivity index (χ0) is 12.3. The summed E-state index contributed by atoms with van der Waals surface area (Å²) in [5, 5.41) is 3.04. The Morgan fingerprint density at radius 3 is 2.41 bits per heavy atom. The molecule has 0 bridgehead atoms. The van der Waals surface area contributed by atoms with E-state index in [2.05, 4.69) is 15.0 Å². The van der Waals surface area contributed by atoms with Crippen LogP contribution >= 0.6 is 0 Å². The minimum absolute atomic E-state index is 0.226. The van der Waals surface area contributed by atoms with Crippen molar-refractivity contribution in [2.75, 3.05) is 11.9 Å². The van der Waals surface area contributed by atoms with Crippen LogP contribution in [0.4, 0.5) is 18.9 Å². The number of anilines is 1. The molecule has 92 valence electrons. The van der Waals surface area contributed by atoms with Gasteiger partial charge in [0.15, 0.2) is 0 Å². The second-order valence-corrected chi connectivity index (χ2v) is 3.63. The maximum atomic E-state index is 11.9. The van der Waals surface area contributed by atoms with Crippen molar-refractivity contribution in [2.24, 2.45) is 4.99 Å². The number of alkyl halides is 3. The van der Waals surface area contributed by atoms with Gasteiger partial charge < -0.3 is 10.1 Å². The fraction of sp³-hybridized carbons (Fsp3) is 0.364. The lowest BCUT2D eigenvalue weighted by Crippen LogP contribution is -2.17. The normalized spacial score (nSPS) is 15.6. The minimum atomic E-state index is -4.65. The molecule has 0 aromatic heterocycles. The third kappa shape index (κ3) is 3.65. The van der Waals surface area contributed by atoms with E-state index in [0.717, 1.165) is 25.2 Å². The highest BCUT2D eigenvalue weighted by Gasteiger charge is 2.30. The predicted octanol–water partition coefficient (Wildman–Crippen LogP) is 3.19. The molecule has 1 aromatic rings. The van der Waals surface area contributed by atoms with Gasteiger partial charge in [-0.05, 0) is 30.7 Å². The number of aliphatic imine (C=N–C) groups is 1. The summed E-state index contributed by atoms with van der Waals surface area (Å²) in [5.41, 5.74) is 0.708. The number of halogens is 3. The van der Waals surface area contributed by atoms with E-state index in [0.29, 0.717) is 5.69 Å². The zero-order valence-electron chi connectivity index (χ0n) is 8.92. The Morgan fingerprint density at radius 1 is 1.18 bits per heavy atom. The molecule has 6 heteroatoms. The summed E-state index contributed by atoms with van der Waals surface area (Å²) in [6.07, 6.45) is -2.76. The fourth-order valence-corrected chi connectivity index (χ4v) is 1.55. The van der Waals surface area contributed by atoms with Crippen LogP contribution in [0.25, 0.3) is 0 Å². The predicted molar refractivity (Wildman–Crippen MR) is 58.3 cm³/mol. The van der Waals surface area contributed by atoms with Crippen molar-refractivity contribution in [3.05, 3.63) is 24.3 Å². The van der Waals surface area contributed by atoms with Crippen LogP contribution in [0, 0.1) is 0 Å². The van der Waals surface area contributed by atoms with Crippen molar-refractivity contribution >= 4 is 11.5 Å². The highest BCUT2D eigenvalue weighted by Crippen LogP contribution is 2.24. The fourth-order valence-electron chi connectivity index (χ4n) is 1.55. The lowest BCUT2D eigenvalue weighted by Gasteiger charge is -2.10. The highest BCUT2D eigenvalue weighted by atomic mass is 19.4. The molecule has 1 aliphatic rings. The zero-order valence-corrected chi connectivity index (χ0v) is 8.92. The van der Waals surface area contributed by atoms with Gasteiger partial charge in [-0.3, -0.25) is 4.99 Å². The number of amidine groups is 1. The average Bonchev–Trinajstić information content (AvgIpc) is 2.71. The van der Waals surface area contributed by atoms with E-state index >= 15 is 0 Å². The molecule has 0 fully saturated rings. The third-order valence-corrected chi connectivity index (χ3v) is 2.25. The van der Waals surface area contributed by atoms with E-state index in [1.54, 1.807) is 0 Å². The van der Waals surface area contributed by atoms with Gasteiger partial charge in [0, 0.05) is 18.7 Å². The Bertz CT molecular complexity index is 412. The second-order valence-electron chi connectivity index (χ2n) is 3.63. The summed E-state index contributed by atoms with van der Waals surface area (Å²) in [6, 6.07) is 5.60. The molecule has 3 nitrogen and oxygen atoms in total. The molecule has 0 aliphatic carbocycles. The minimum Gasteiger partial charge on any atom is -0.406 e. The Hall–Kier alpha value is -1.72. The summed E-state index contributed by atoms with van der Waals surface area (Å²) >= 11 is 0. The molecule has 0 radical (unpaired) electrons. The number of ether oxygens (including phenoxy) is 1. The number of rotatable bonds is 2. The molecular formula is C11H11F3N2O. The highest BCUT2D eigenvalue weighted by molar-refractivity contribution is 5.96. The first-order valence-electron chi connectivity index (χ1n) is 5.19. The Kier molecular flexibility index (Phi) is 3.21. The van der Waals surface area contributed by atoms with Crippen LogP contribution in [-0.4, -0.2) is 18.7 Å². The van der Waals surface area contributed by atoms with Crippen molar-refractivity contribution in [2.45, 2.75) is 19.2 Å². The van der Waals surface area contributed by atoms with Crippen molar-refractivity contribution in [1.29, 1.82) is 0 Å². The summed E-state index contributed by atoms with van der Waals surface area (Å²) in [5.74, 6) is 0.644. The van der Waals surface area contributed by atoms with Crippen LogP contribution in [0.2, 0.25) is 0 Å². The van der Waals surface area contributed by atoms with Crippen LogP contribution in [0.5, 0.6) is 5.75 Å². The molecule has 2 rings (SSSR count). The molecule has 0 unspecified atom stereocenters. The largest absolute Gasteiger partial charge is 0.573 e. The summed E-state index contributed by atoms with van der Waals surface area (Å²) < 4.78 is 39.5. The standard InChI is InChI=1S/C11H11F3N2O/c12-11(13,14)17-9-5-3-8(4-6-9)16-10-2-1-7-15-10/h3-6H,1-2,7H2,(H,15,16). The summed E-state index contributed by atoms with van der Waals surface area (Å²) in [6.45, 7) is 0.803. The van der Waals surface area contributed by atoms with Gasteiger partial charge in [0.1, 0.15) is 11.6 Å². The van der Waals surface area contributed by atoms with E-state index < -0.39 is 6.36 Å². The SMILES string of the molecule is FC(F)(F)Oc1ccc(NC2=NCCC2)cc1. The van der Waals surface area contributed by atoms with E-state index in [9.17, 15) is 13.2 Å². The molecule has 0 atom stereocenters. The number of benzene rings is 1. The lowest BCUT2D eigenvalue weighted by molar-refractivity contribution is -0.274. The second kappa shape index (κ2) is 4.65. The first kappa shape index (κ1) is 11.8. The lowest BCUT2D eigenvalue weighted by atomic mass is 10.3. The quantitative estimate of drug-likeness (QED) is 0.866. The number of hydrogen-bond acceptors (Lipinski definition) is 3. The van der Waals surface area contributed by atoms with Crippen LogP contribution in [-0.2, 0) is 0 Å². The Morgan fingerprint density at radius 2 is 1.88 bits per heavy atom. The van der Waals surface area contributed by atoms with Gasteiger partial charge in [-0.25, -0.2) is 0 Å². The molecule has 1 aliphatic heterocycles. The molecular weight excluding hydrogens is 233 g/mol. The number of nitrogens with zero attached hydrogens (tertiary/aromatic N) is 1. The van der Waals surface area contributed by atoms with E-state index in [1.807, 2.05) is 0 Å². The van der Waals surface area contributed by atoms with Crippen LogP contribution in [0.15, 0.2) is 29.3 Å². The van der Waals surface area contributed by atoms with Crippen molar-refractivity contribution in [1.82, 2.24) is 0 Å². The van der Waals surface area contributed by atoms with Gasteiger partial charge in [0.05, 0.1) is 0 Å². The molecule has 1 heterocycles. The molecule has 0 amide bonds. The maximum Gasteiger partial charge on any atom is 0.573 e. The first-order chi connectivity index (χ1) is 8.03. The monoisotopic (exact) mass is 244 g/mol. The van der Waals surface area contributed by atoms with E-state index in [4.69, 9.17) is 0 Å². The maximum absolute atomic E-state index is 11.9. The topological polar surface area (TPSA) is 33.6 Å². The van der Waals surface area contributed by atoms with Gasteiger partial charge in [0.2, 0.25) is 0 Å². The average molecular weight is 244 g/mol. The Labute approximate surface area is 96.3 Å². The smallest absolute Gasteiger partial charge is 0.406 e. The third-order valence-electron chi connectivity index (χ3n) is 2.25. The van der Waals surface area contributed by atoms with Crippen LogP contribution < -0.4 is 10.1 Å². The van der Waals surface area contributed by atoms with Gasteiger partial charge in [0.25, 0.3) is 0 Å². The molecule has 0 saturated heterocycles. The van der Waals surface area contributed by atoms with Gasteiger partial charge in [-0.15, -0.1) is 13.2 Å². The van der Waals surface area contributed by atoms with Gasteiger partial charge >= 0.3 is 6.36 Å².